The summed E-state index contributed by atoms with van der Waals surface area (Å²) in [6.45, 7) is 4.61. The molecule has 1 saturated heterocycles. The molecule has 1 N–H and O–H groups in total. The summed E-state index contributed by atoms with van der Waals surface area (Å²) in [5.41, 5.74) is 0. The first kappa shape index (κ1) is 14.4. The third-order valence-electron chi connectivity index (χ3n) is 2.63. The van der Waals surface area contributed by atoms with Crippen LogP contribution in [0.4, 0.5) is 0 Å². The molecule has 0 amide bonds. The molecular weight excluding hydrogens is 228 g/mol. The summed E-state index contributed by atoms with van der Waals surface area (Å²) in [6.07, 6.45) is -2.17. The van der Waals surface area contributed by atoms with Gasteiger partial charge >= 0.3 is 5.97 Å². The highest BCUT2D eigenvalue weighted by molar-refractivity contribution is 5.74. The smallest absolute Gasteiger partial charge is 0.314 e. The topological polar surface area (TPSA) is 74.2 Å². The van der Waals surface area contributed by atoms with E-state index in [0.29, 0.717) is 13.2 Å². The van der Waals surface area contributed by atoms with Crippen molar-refractivity contribution in [2.24, 2.45) is 5.92 Å². The first-order valence-corrected chi connectivity index (χ1v) is 5.76. The van der Waals surface area contributed by atoms with Gasteiger partial charge in [-0.25, -0.2) is 0 Å². The first-order valence-electron chi connectivity index (χ1n) is 5.76. The normalized spacial score (nSPS) is 28.6. The molecule has 100 valence electrons. The van der Waals surface area contributed by atoms with Crippen LogP contribution in [0.1, 0.15) is 13.8 Å². The Balaban J connectivity index is 2.74. The highest BCUT2D eigenvalue weighted by Crippen LogP contribution is 2.27. The van der Waals surface area contributed by atoms with Gasteiger partial charge in [0, 0.05) is 13.2 Å². The highest BCUT2D eigenvalue weighted by atomic mass is 16.7. The highest BCUT2D eigenvalue weighted by Gasteiger charge is 2.47. The number of hydrogen-bond acceptors (Lipinski definition) is 6. The van der Waals surface area contributed by atoms with Gasteiger partial charge in [0.05, 0.1) is 19.8 Å². The van der Waals surface area contributed by atoms with E-state index in [1.54, 1.807) is 0 Å². The van der Waals surface area contributed by atoms with Crippen molar-refractivity contribution in [3.63, 3.8) is 0 Å². The van der Waals surface area contributed by atoms with Crippen LogP contribution in [0.3, 0.4) is 0 Å². The molecule has 1 aliphatic rings. The van der Waals surface area contributed by atoms with Crippen LogP contribution in [0.2, 0.25) is 0 Å². The Labute approximate surface area is 101 Å². The van der Waals surface area contributed by atoms with Crippen LogP contribution in [0, 0.1) is 5.92 Å². The van der Waals surface area contributed by atoms with Crippen molar-refractivity contribution in [3.8, 4) is 0 Å². The molecule has 1 rings (SSSR count). The van der Waals surface area contributed by atoms with E-state index < -0.39 is 30.4 Å². The first-order chi connectivity index (χ1) is 8.15. The lowest BCUT2D eigenvalue weighted by Crippen LogP contribution is -2.42. The largest absolute Gasteiger partial charge is 0.469 e. The Morgan fingerprint density at radius 2 is 2.00 bits per heavy atom. The zero-order chi connectivity index (χ0) is 12.8. The zero-order valence-electron chi connectivity index (χ0n) is 10.4. The van der Waals surface area contributed by atoms with Gasteiger partial charge in [0.15, 0.2) is 6.29 Å². The van der Waals surface area contributed by atoms with E-state index in [4.69, 9.17) is 14.2 Å². The van der Waals surface area contributed by atoms with Crippen molar-refractivity contribution < 1.29 is 28.8 Å². The van der Waals surface area contributed by atoms with E-state index in [2.05, 4.69) is 4.74 Å². The standard InChI is InChI=1S/C11H20O6/c1-4-15-11(16-5-2)9-8(10(13)14-3)7(12)6-17-9/h7-9,11-12H,4-6H2,1-3H3. The van der Waals surface area contributed by atoms with Crippen molar-refractivity contribution in [2.75, 3.05) is 26.9 Å². The molecule has 3 unspecified atom stereocenters. The fourth-order valence-electron chi connectivity index (χ4n) is 1.88. The van der Waals surface area contributed by atoms with E-state index in [9.17, 15) is 9.90 Å². The number of hydrogen-bond donors (Lipinski definition) is 1. The van der Waals surface area contributed by atoms with Gasteiger partial charge < -0.3 is 24.1 Å². The Hall–Kier alpha value is -0.690. The van der Waals surface area contributed by atoms with Crippen LogP contribution >= 0.6 is 0 Å². The average Bonchev–Trinajstić information content (AvgIpc) is 2.70. The molecule has 1 heterocycles. The van der Waals surface area contributed by atoms with Gasteiger partial charge in [0.1, 0.15) is 12.0 Å². The monoisotopic (exact) mass is 248 g/mol. The van der Waals surface area contributed by atoms with Crippen molar-refractivity contribution in [2.45, 2.75) is 32.3 Å². The predicted octanol–water partition coefficient (Wildman–Crippen LogP) is -0.0656. The third-order valence-corrected chi connectivity index (χ3v) is 2.63. The number of carbonyl (C=O) groups excluding carboxylic acids is 1. The molecule has 0 bridgehead atoms. The molecule has 3 atom stereocenters. The lowest BCUT2D eigenvalue weighted by atomic mass is 9.99. The third kappa shape index (κ3) is 3.38. The number of aliphatic hydroxyl groups is 1. The maximum absolute atomic E-state index is 11.6. The number of carbonyl (C=O) groups is 1. The molecule has 0 saturated carbocycles. The quantitative estimate of drug-likeness (QED) is 0.524. The average molecular weight is 248 g/mol. The van der Waals surface area contributed by atoms with Gasteiger partial charge in [-0.3, -0.25) is 4.79 Å². The Morgan fingerprint density at radius 3 is 2.47 bits per heavy atom. The van der Waals surface area contributed by atoms with Crippen LogP contribution in [0.25, 0.3) is 0 Å². The van der Waals surface area contributed by atoms with Gasteiger partial charge in [0.25, 0.3) is 0 Å². The lowest BCUT2D eigenvalue weighted by Gasteiger charge is -2.26. The van der Waals surface area contributed by atoms with Crippen molar-refractivity contribution in [1.29, 1.82) is 0 Å². The van der Waals surface area contributed by atoms with E-state index >= 15 is 0 Å². The molecule has 0 aromatic rings. The van der Waals surface area contributed by atoms with Gasteiger partial charge in [-0.05, 0) is 13.8 Å². The summed E-state index contributed by atoms with van der Waals surface area (Å²) >= 11 is 0. The lowest BCUT2D eigenvalue weighted by molar-refractivity contribution is -0.204. The molecule has 1 aliphatic heterocycles. The maximum atomic E-state index is 11.6. The minimum atomic E-state index is -0.879. The molecule has 0 spiro atoms. The molecule has 17 heavy (non-hydrogen) atoms. The van der Waals surface area contributed by atoms with Crippen molar-refractivity contribution >= 4 is 5.97 Å². The van der Waals surface area contributed by atoms with E-state index in [-0.39, 0.29) is 6.61 Å². The van der Waals surface area contributed by atoms with Crippen LogP contribution in [-0.2, 0) is 23.7 Å². The molecule has 0 aromatic heterocycles. The Bertz CT molecular complexity index is 238. The number of ether oxygens (including phenoxy) is 4. The minimum Gasteiger partial charge on any atom is -0.469 e. The molecule has 6 heteroatoms. The fraction of sp³-hybridized carbons (Fsp3) is 0.909. The van der Waals surface area contributed by atoms with Gasteiger partial charge in [-0.15, -0.1) is 0 Å². The second kappa shape index (κ2) is 6.90. The molecule has 0 aliphatic carbocycles. The Kier molecular flexibility index (Phi) is 5.84. The number of methoxy groups -OCH3 is 1. The van der Waals surface area contributed by atoms with Crippen LogP contribution in [0.15, 0.2) is 0 Å². The Morgan fingerprint density at radius 1 is 1.41 bits per heavy atom. The predicted molar refractivity (Wildman–Crippen MR) is 58.3 cm³/mol. The summed E-state index contributed by atoms with van der Waals surface area (Å²) in [5.74, 6) is -1.27. The molecule has 0 aromatic carbocycles. The van der Waals surface area contributed by atoms with Crippen LogP contribution < -0.4 is 0 Å². The summed E-state index contributed by atoms with van der Waals surface area (Å²) in [5, 5.41) is 9.71. The molecule has 6 nitrogen and oxygen atoms in total. The summed E-state index contributed by atoms with van der Waals surface area (Å²) in [7, 11) is 1.28. The number of esters is 1. The van der Waals surface area contributed by atoms with Crippen molar-refractivity contribution in [1.82, 2.24) is 0 Å². The molecule has 0 radical (unpaired) electrons. The fourth-order valence-corrected chi connectivity index (χ4v) is 1.88. The van der Waals surface area contributed by atoms with Gasteiger partial charge in [-0.2, -0.15) is 0 Å². The number of rotatable bonds is 6. The SMILES string of the molecule is CCOC(OCC)C1OCC(O)C1C(=O)OC. The van der Waals surface area contributed by atoms with Gasteiger partial charge in [-0.1, -0.05) is 0 Å². The van der Waals surface area contributed by atoms with Gasteiger partial charge in [0.2, 0.25) is 0 Å². The minimum absolute atomic E-state index is 0.0844. The summed E-state index contributed by atoms with van der Waals surface area (Å²) in [6, 6.07) is 0. The number of aliphatic hydroxyl groups excluding tert-OH is 1. The second-order valence-corrected chi connectivity index (χ2v) is 3.69. The second-order valence-electron chi connectivity index (χ2n) is 3.69. The van der Waals surface area contributed by atoms with Crippen LogP contribution in [-0.4, -0.2) is 56.5 Å². The zero-order valence-corrected chi connectivity index (χ0v) is 10.4. The van der Waals surface area contributed by atoms with E-state index in [1.165, 1.54) is 7.11 Å². The molecular formula is C11H20O6. The van der Waals surface area contributed by atoms with Crippen LogP contribution in [0.5, 0.6) is 0 Å². The summed E-state index contributed by atoms with van der Waals surface area (Å²) in [4.78, 5) is 11.6. The molecule has 1 fully saturated rings. The summed E-state index contributed by atoms with van der Waals surface area (Å²) < 4.78 is 20.8. The van der Waals surface area contributed by atoms with E-state index in [0.717, 1.165) is 0 Å². The van der Waals surface area contributed by atoms with E-state index in [1.807, 2.05) is 13.8 Å². The van der Waals surface area contributed by atoms with Crippen molar-refractivity contribution in [3.05, 3.63) is 0 Å². The maximum Gasteiger partial charge on any atom is 0.314 e.